The summed E-state index contributed by atoms with van der Waals surface area (Å²) in [5.41, 5.74) is 1.09. The van der Waals surface area contributed by atoms with E-state index in [1.807, 2.05) is 18.2 Å². The zero-order chi connectivity index (χ0) is 13.9. The molecule has 20 heavy (non-hydrogen) atoms. The van der Waals surface area contributed by atoms with Crippen molar-refractivity contribution in [3.05, 3.63) is 35.6 Å². The van der Waals surface area contributed by atoms with Crippen LogP contribution in [0.4, 0.5) is 0 Å². The number of halogens is 1. The molecule has 3 rings (SSSR count). The maximum Gasteiger partial charge on any atom is 0.225 e. The molecule has 106 valence electrons. The van der Waals surface area contributed by atoms with Crippen molar-refractivity contribution in [2.45, 2.75) is 45.1 Å². The number of nitrogens with zero attached hydrogens (tertiary/aromatic N) is 3. The fourth-order valence-electron chi connectivity index (χ4n) is 3.11. The van der Waals surface area contributed by atoms with Crippen LogP contribution in [0.1, 0.15) is 45.1 Å². The van der Waals surface area contributed by atoms with Crippen LogP contribution in [-0.2, 0) is 0 Å². The molecular weight excluding hydrogens is 270 g/mol. The molecule has 0 aliphatic heterocycles. The molecule has 1 aliphatic rings. The Morgan fingerprint density at radius 3 is 2.65 bits per heavy atom. The molecule has 0 N–H and O–H groups in total. The molecule has 1 aromatic carbocycles. The molecule has 3 nitrogen and oxygen atoms in total. The van der Waals surface area contributed by atoms with E-state index in [2.05, 4.69) is 33.8 Å². The van der Waals surface area contributed by atoms with Gasteiger partial charge in [-0.05, 0) is 36.8 Å². The van der Waals surface area contributed by atoms with Crippen LogP contribution in [0.25, 0.3) is 11.4 Å². The Labute approximate surface area is 125 Å². The van der Waals surface area contributed by atoms with Crippen LogP contribution in [0.3, 0.4) is 0 Å². The predicted molar refractivity (Wildman–Crippen MR) is 81.8 cm³/mol. The fourth-order valence-corrected chi connectivity index (χ4v) is 3.36. The van der Waals surface area contributed by atoms with E-state index in [9.17, 15) is 0 Å². The van der Waals surface area contributed by atoms with E-state index in [-0.39, 0.29) is 0 Å². The summed E-state index contributed by atoms with van der Waals surface area (Å²) in [4.78, 5) is 0. The number of hydrogen-bond acceptors (Lipinski definition) is 2. The molecule has 2 aromatic rings. The van der Waals surface area contributed by atoms with Crippen molar-refractivity contribution in [3.8, 4) is 11.4 Å². The normalized spacial score (nSPS) is 23.5. The Kier molecular flexibility index (Phi) is 4.06. The highest BCUT2D eigenvalue weighted by Crippen LogP contribution is 2.34. The molecule has 2 unspecified atom stereocenters. The van der Waals surface area contributed by atoms with Crippen molar-refractivity contribution in [1.29, 1.82) is 0 Å². The molecule has 1 aromatic heterocycles. The smallest absolute Gasteiger partial charge is 0.225 e. The van der Waals surface area contributed by atoms with Crippen molar-refractivity contribution in [2.24, 2.45) is 5.92 Å². The lowest BCUT2D eigenvalue weighted by atomic mass is 10.0. The maximum atomic E-state index is 6.31. The summed E-state index contributed by atoms with van der Waals surface area (Å²) in [7, 11) is 0. The molecule has 0 bridgehead atoms. The highest BCUT2D eigenvalue weighted by molar-refractivity contribution is 6.28. The van der Waals surface area contributed by atoms with E-state index in [1.54, 1.807) is 0 Å². The quantitative estimate of drug-likeness (QED) is 0.748. The van der Waals surface area contributed by atoms with Gasteiger partial charge in [-0.3, -0.25) is 4.57 Å². The lowest BCUT2D eigenvalue weighted by Crippen LogP contribution is -2.10. The van der Waals surface area contributed by atoms with Gasteiger partial charge in [-0.25, -0.2) is 0 Å². The summed E-state index contributed by atoms with van der Waals surface area (Å²) in [6.45, 7) is 2.34. The van der Waals surface area contributed by atoms with Gasteiger partial charge in [-0.1, -0.05) is 50.1 Å². The van der Waals surface area contributed by atoms with Crippen molar-refractivity contribution in [3.63, 3.8) is 0 Å². The fraction of sp³-hybridized carbons (Fsp3) is 0.500. The van der Waals surface area contributed by atoms with Crippen LogP contribution < -0.4 is 0 Å². The summed E-state index contributed by atoms with van der Waals surface area (Å²) in [6.07, 6.45) is 6.17. The third kappa shape index (κ3) is 2.73. The predicted octanol–water partition coefficient (Wildman–Crippen LogP) is 4.74. The van der Waals surface area contributed by atoms with Gasteiger partial charge < -0.3 is 0 Å². The lowest BCUT2D eigenvalue weighted by molar-refractivity contribution is 0.435. The van der Waals surface area contributed by atoms with Crippen LogP contribution in [-0.4, -0.2) is 14.8 Å². The Hall–Kier alpha value is -1.35. The van der Waals surface area contributed by atoms with E-state index in [1.165, 1.54) is 32.1 Å². The van der Waals surface area contributed by atoms with Crippen LogP contribution in [0.15, 0.2) is 30.3 Å². The molecule has 1 aliphatic carbocycles. The first-order valence-corrected chi connectivity index (χ1v) is 7.79. The maximum absolute atomic E-state index is 6.31. The monoisotopic (exact) mass is 289 g/mol. The largest absolute Gasteiger partial charge is 0.295 e. The molecule has 0 radical (unpaired) electrons. The summed E-state index contributed by atoms with van der Waals surface area (Å²) >= 11 is 6.31. The Morgan fingerprint density at radius 1 is 1.05 bits per heavy atom. The minimum absolute atomic E-state index is 0.428. The summed E-state index contributed by atoms with van der Waals surface area (Å²) < 4.78 is 2.13. The van der Waals surface area contributed by atoms with Crippen LogP contribution in [0, 0.1) is 5.92 Å². The topological polar surface area (TPSA) is 30.7 Å². The lowest BCUT2D eigenvalue weighted by Gasteiger charge is -2.19. The molecule has 0 saturated heterocycles. The van der Waals surface area contributed by atoms with Gasteiger partial charge >= 0.3 is 0 Å². The molecule has 0 amide bonds. The molecule has 2 atom stereocenters. The second-order valence-corrected chi connectivity index (χ2v) is 6.13. The Bertz CT molecular complexity index is 564. The van der Waals surface area contributed by atoms with E-state index in [4.69, 9.17) is 11.6 Å². The number of hydrogen-bond donors (Lipinski definition) is 0. The van der Waals surface area contributed by atoms with Crippen LogP contribution in [0.5, 0.6) is 0 Å². The first-order valence-electron chi connectivity index (χ1n) is 7.41. The average Bonchev–Trinajstić information content (AvgIpc) is 2.72. The minimum Gasteiger partial charge on any atom is -0.295 e. The van der Waals surface area contributed by atoms with Gasteiger partial charge in [-0.2, -0.15) is 0 Å². The minimum atomic E-state index is 0.428. The summed E-state index contributed by atoms with van der Waals surface area (Å²) in [5, 5.41) is 8.91. The van der Waals surface area contributed by atoms with Gasteiger partial charge in [-0.15, -0.1) is 10.2 Å². The summed E-state index contributed by atoms with van der Waals surface area (Å²) in [6, 6.07) is 10.6. The molecule has 0 spiro atoms. The number of aromatic nitrogens is 3. The van der Waals surface area contributed by atoms with Crippen LogP contribution >= 0.6 is 11.6 Å². The van der Waals surface area contributed by atoms with Crippen LogP contribution in [0.2, 0.25) is 5.28 Å². The third-order valence-electron chi connectivity index (χ3n) is 4.28. The third-order valence-corrected chi connectivity index (χ3v) is 4.54. The number of rotatable bonds is 2. The average molecular weight is 290 g/mol. The van der Waals surface area contributed by atoms with E-state index in [0.29, 0.717) is 11.3 Å². The second kappa shape index (κ2) is 5.96. The zero-order valence-electron chi connectivity index (χ0n) is 11.8. The summed E-state index contributed by atoms with van der Waals surface area (Å²) in [5.74, 6) is 1.71. The second-order valence-electron chi connectivity index (χ2n) is 5.80. The highest BCUT2D eigenvalue weighted by Gasteiger charge is 2.23. The first kappa shape index (κ1) is 13.6. The standard InChI is InChI=1S/C16H20ClN3/c1-12-6-5-9-14(11-10-12)20-15(18-19-16(20)17)13-7-3-2-4-8-13/h2-4,7-8,12,14H,5-6,9-11H2,1H3. The Morgan fingerprint density at radius 2 is 1.85 bits per heavy atom. The van der Waals surface area contributed by atoms with Crippen molar-refractivity contribution < 1.29 is 0 Å². The van der Waals surface area contributed by atoms with Crippen molar-refractivity contribution in [2.75, 3.05) is 0 Å². The zero-order valence-corrected chi connectivity index (χ0v) is 12.6. The Balaban J connectivity index is 1.95. The van der Waals surface area contributed by atoms with Crippen molar-refractivity contribution >= 4 is 11.6 Å². The van der Waals surface area contributed by atoms with Gasteiger partial charge in [0.2, 0.25) is 5.28 Å². The number of benzene rings is 1. The van der Waals surface area contributed by atoms with E-state index in [0.717, 1.165) is 17.3 Å². The highest BCUT2D eigenvalue weighted by atomic mass is 35.5. The van der Waals surface area contributed by atoms with Gasteiger partial charge in [0.1, 0.15) is 0 Å². The van der Waals surface area contributed by atoms with Gasteiger partial charge in [0.25, 0.3) is 0 Å². The van der Waals surface area contributed by atoms with E-state index >= 15 is 0 Å². The molecule has 1 fully saturated rings. The van der Waals surface area contributed by atoms with Gasteiger partial charge in [0.05, 0.1) is 0 Å². The van der Waals surface area contributed by atoms with Crippen molar-refractivity contribution in [1.82, 2.24) is 14.8 Å². The van der Waals surface area contributed by atoms with E-state index < -0.39 is 0 Å². The molecule has 1 saturated carbocycles. The molecule has 1 heterocycles. The first-order chi connectivity index (χ1) is 9.75. The van der Waals surface area contributed by atoms with Gasteiger partial charge in [0.15, 0.2) is 5.82 Å². The SMILES string of the molecule is CC1CCCC(n2c(Cl)nnc2-c2ccccc2)CC1. The molecule has 4 heteroatoms. The van der Waals surface area contributed by atoms with Gasteiger partial charge in [0, 0.05) is 11.6 Å². The molecular formula is C16H20ClN3.